The first-order chi connectivity index (χ1) is 9.75. The molecule has 0 atom stereocenters. The van der Waals surface area contributed by atoms with Crippen LogP contribution in [-0.2, 0) is 0 Å². The highest BCUT2D eigenvalue weighted by Crippen LogP contribution is 2.25. The van der Waals surface area contributed by atoms with Crippen LogP contribution in [0.5, 0.6) is 0 Å². The number of rotatable bonds is 2. The van der Waals surface area contributed by atoms with Crippen molar-refractivity contribution in [2.45, 2.75) is 0 Å². The molecule has 0 unspecified atom stereocenters. The van der Waals surface area contributed by atoms with E-state index >= 15 is 0 Å². The first-order valence-corrected chi connectivity index (χ1v) is 7.08. The van der Waals surface area contributed by atoms with E-state index in [4.69, 9.17) is 23.8 Å². The lowest BCUT2D eigenvalue weighted by molar-refractivity contribution is 1.63. The molecule has 98 valence electrons. The van der Waals surface area contributed by atoms with Crippen LogP contribution in [0.1, 0.15) is 5.56 Å². The molecule has 0 aliphatic heterocycles. The third kappa shape index (κ3) is 2.53. The monoisotopic (exact) mass is 297 g/mol. The predicted molar refractivity (Wildman–Crippen MR) is 90.7 cm³/mol. The van der Waals surface area contributed by atoms with Gasteiger partial charge < -0.3 is 5.32 Å². The van der Waals surface area contributed by atoms with Gasteiger partial charge in [-0.25, -0.2) is 0 Å². The molecule has 0 bridgehead atoms. The van der Waals surface area contributed by atoms with Gasteiger partial charge in [-0.15, -0.1) is 0 Å². The van der Waals surface area contributed by atoms with Crippen molar-refractivity contribution in [1.82, 2.24) is 0 Å². The van der Waals surface area contributed by atoms with Gasteiger partial charge in [-0.3, -0.25) is 0 Å². The Kier molecular flexibility index (Phi) is 3.68. The summed E-state index contributed by atoms with van der Waals surface area (Å²) in [7, 11) is 0. The fourth-order valence-corrected chi connectivity index (χ4v) is 2.74. The second kappa shape index (κ2) is 5.61. The SMILES string of the molecule is S=C(Nc1cccc2ccccc12)c1ccccc1Cl. The van der Waals surface area contributed by atoms with Crippen LogP contribution in [-0.4, -0.2) is 4.99 Å². The van der Waals surface area contributed by atoms with Gasteiger partial charge in [0, 0.05) is 16.6 Å². The van der Waals surface area contributed by atoms with Crippen molar-refractivity contribution in [2.75, 3.05) is 5.32 Å². The minimum Gasteiger partial charge on any atom is -0.346 e. The lowest BCUT2D eigenvalue weighted by atomic mass is 10.1. The molecular weight excluding hydrogens is 286 g/mol. The summed E-state index contributed by atoms with van der Waals surface area (Å²) in [6.07, 6.45) is 0. The van der Waals surface area contributed by atoms with Crippen LogP contribution in [0.15, 0.2) is 66.7 Å². The lowest BCUT2D eigenvalue weighted by Gasteiger charge is -2.12. The van der Waals surface area contributed by atoms with E-state index in [1.807, 2.05) is 48.5 Å². The molecule has 1 nitrogen and oxygen atoms in total. The molecule has 3 aromatic rings. The Morgan fingerprint density at radius 2 is 1.55 bits per heavy atom. The van der Waals surface area contributed by atoms with Crippen LogP contribution < -0.4 is 5.32 Å². The Morgan fingerprint density at radius 1 is 0.850 bits per heavy atom. The number of benzene rings is 3. The Labute approximate surface area is 128 Å². The number of thiocarbonyl (C=S) groups is 1. The van der Waals surface area contributed by atoms with Crippen LogP contribution in [0.2, 0.25) is 5.02 Å². The van der Waals surface area contributed by atoms with Gasteiger partial charge in [0.25, 0.3) is 0 Å². The second-order valence-corrected chi connectivity index (χ2v) is 5.28. The molecule has 0 radical (unpaired) electrons. The molecule has 1 N–H and O–H groups in total. The van der Waals surface area contributed by atoms with Crippen LogP contribution in [0.25, 0.3) is 10.8 Å². The molecule has 0 heterocycles. The third-order valence-corrected chi connectivity index (χ3v) is 3.81. The maximum atomic E-state index is 6.18. The molecule has 0 aliphatic carbocycles. The highest BCUT2D eigenvalue weighted by molar-refractivity contribution is 7.81. The first-order valence-electron chi connectivity index (χ1n) is 6.29. The van der Waals surface area contributed by atoms with E-state index < -0.39 is 0 Å². The van der Waals surface area contributed by atoms with Crippen molar-refractivity contribution in [2.24, 2.45) is 0 Å². The molecule has 0 fully saturated rings. The maximum absolute atomic E-state index is 6.18. The van der Waals surface area contributed by atoms with Crippen molar-refractivity contribution < 1.29 is 0 Å². The quantitative estimate of drug-likeness (QED) is 0.646. The average Bonchev–Trinajstić information content (AvgIpc) is 2.48. The summed E-state index contributed by atoms with van der Waals surface area (Å²) < 4.78 is 0. The molecule has 0 saturated heterocycles. The largest absolute Gasteiger partial charge is 0.346 e. The zero-order valence-electron chi connectivity index (χ0n) is 10.6. The van der Waals surface area contributed by atoms with E-state index in [1.165, 1.54) is 5.39 Å². The molecule has 3 aromatic carbocycles. The van der Waals surface area contributed by atoms with E-state index in [2.05, 4.69) is 23.5 Å². The van der Waals surface area contributed by atoms with Gasteiger partial charge in [-0.05, 0) is 17.5 Å². The Balaban J connectivity index is 1.98. The molecule has 0 aliphatic rings. The Hall–Kier alpha value is -1.90. The molecule has 0 saturated carbocycles. The molecule has 0 aromatic heterocycles. The van der Waals surface area contributed by atoms with E-state index in [9.17, 15) is 0 Å². The van der Waals surface area contributed by atoms with Crippen molar-refractivity contribution in [3.8, 4) is 0 Å². The number of halogens is 1. The third-order valence-electron chi connectivity index (χ3n) is 3.16. The van der Waals surface area contributed by atoms with Crippen molar-refractivity contribution in [3.05, 3.63) is 77.3 Å². The molecule has 3 rings (SSSR count). The summed E-state index contributed by atoms with van der Waals surface area (Å²) in [6, 6.07) is 21.9. The minimum atomic E-state index is 0.631. The summed E-state index contributed by atoms with van der Waals surface area (Å²) in [4.78, 5) is 0.631. The Bertz CT molecular complexity index is 777. The van der Waals surface area contributed by atoms with Gasteiger partial charge in [0.2, 0.25) is 0 Å². The average molecular weight is 298 g/mol. The minimum absolute atomic E-state index is 0.631. The van der Waals surface area contributed by atoms with Gasteiger partial charge in [0.05, 0.1) is 5.02 Å². The van der Waals surface area contributed by atoms with Gasteiger partial charge in [-0.1, -0.05) is 78.4 Å². The van der Waals surface area contributed by atoms with Crippen molar-refractivity contribution >= 4 is 45.3 Å². The normalized spacial score (nSPS) is 10.4. The lowest BCUT2D eigenvalue weighted by Crippen LogP contribution is -2.11. The van der Waals surface area contributed by atoms with Gasteiger partial charge in [-0.2, -0.15) is 0 Å². The second-order valence-electron chi connectivity index (χ2n) is 4.46. The fourth-order valence-electron chi connectivity index (χ4n) is 2.17. The van der Waals surface area contributed by atoms with E-state index in [0.29, 0.717) is 10.0 Å². The van der Waals surface area contributed by atoms with Crippen molar-refractivity contribution in [1.29, 1.82) is 0 Å². The summed E-state index contributed by atoms with van der Waals surface area (Å²) in [5.74, 6) is 0. The Morgan fingerprint density at radius 3 is 2.40 bits per heavy atom. The smallest absolute Gasteiger partial charge is 0.112 e. The zero-order valence-corrected chi connectivity index (χ0v) is 12.2. The molecular formula is C17H12ClNS. The maximum Gasteiger partial charge on any atom is 0.112 e. The van der Waals surface area contributed by atoms with Crippen LogP contribution in [0.4, 0.5) is 5.69 Å². The van der Waals surface area contributed by atoms with Crippen LogP contribution in [0, 0.1) is 0 Å². The molecule has 20 heavy (non-hydrogen) atoms. The summed E-state index contributed by atoms with van der Waals surface area (Å²) in [5.41, 5.74) is 1.84. The molecule has 0 spiro atoms. The van der Waals surface area contributed by atoms with Gasteiger partial charge in [0.15, 0.2) is 0 Å². The van der Waals surface area contributed by atoms with E-state index in [1.54, 1.807) is 0 Å². The molecule has 0 amide bonds. The highest BCUT2D eigenvalue weighted by Gasteiger charge is 2.07. The highest BCUT2D eigenvalue weighted by atomic mass is 35.5. The summed E-state index contributed by atoms with van der Waals surface area (Å²) in [5, 5.41) is 6.27. The van der Waals surface area contributed by atoms with Crippen molar-refractivity contribution in [3.63, 3.8) is 0 Å². The molecule has 3 heteroatoms. The number of nitrogens with one attached hydrogen (secondary N) is 1. The first kappa shape index (κ1) is 13.1. The number of fused-ring (bicyclic) bond motifs is 1. The van der Waals surface area contributed by atoms with Gasteiger partial charge >= 0.3 is 0 Å². The summed E-state index contributed by atoms with van der Waals surface area (Å²) in [6.45, 7) is 0. The van der Waals surface area contributed by atoms with Crippen LogP contribution in [0.3, 0.4) is 0 Å². The number of hydrogen-bond acceptors (Lipinski definition) is 1. The van der Waals surface area contributed by atoms with Crippen LogP contribution >= 0.6 is 23.8 Å². The van der Waals surface area contributed by atoms with Gasteiger partial charge in [0.1, 0.15) is 4.99 Å². The van der Waals surface area contributed by atoms with E-state index in [0.717, 1.165) is 16.6 Å². The zero-order chi connectivity index (χ0) is 13.9. The van der Waals surface area contributed by atoms with E-state index in [-0.39, 0.29) is 0 Å². The predicted octanol–water partition coefficient (Wildman–Crippen LogP) is 5.28. The summed E-state index contributed by atoms with van der Waals surface area (Å²) >= 11 is 11.6. The fraction of sp³-hybridized carbons (Fsp3) is 0. The standard InChI is InChI=1S/C17H12ClNS/c18-15-10-4-3-9-14(15)17(20)19-16-11-5-7-12-6-1-2-8-13(12)16/h1-11H,(H,19,20). The number of hydrogen-bond donors (Lipinski definition) is 1. The number of anilines is 1. The topological polar surface area (TPSA) is 12.0 Å².